The van der Waals surface area contributed by atoms with E-state index in [-0.39, 0.29) is 5.91 Å². The fourth-order valence-electron chi connectivity index (χ4n) is 1.96. The van der Waals surface area contributed by atoms with Gasteiger partial charge < -0.3 is 4.52 Å². The van der Waals surface area contributed by atoms with Crippen LogP contribution >= 0.6 is 11.3 Å². The van der Waals surface area contributed by atoms with Gasteiger partial charge in [-0.1, -0.05) is 11.2 Å². The molecule has 22 heavy (non-hydrogen) atoms. The van der Waals surface area contributed by atoms with Crippen molar-refractivity contribution < 1.29 is 9.32 Å². The topological polar surface area (TPSA) is 85.8 Å². The molecular formula is C14H15N5O2S. The van der Waals surface area contributed by atoms with Crippen molar-refractivity contribution in [2.24, 2.45) is 7.05 Å². The van der Waals surface area contributed by atoms with Crippen LogP contribution in [0.5, 0.6) is 0 Å². The fourth-order valence-corrected chi connectivity index (χ4v) is 2.61. The van der Waals surface area contributed by atoms with E-state index in [1.165, 1.54) is 0 Å². The zero-order valence-electron chi connectivity index (χ0n) is 12.2. The smallest absolute Gasteiger partial charge is 0.228 e. The van der Waals surface area contributed by atoms with Gasteiger partial charge in [-0.05, 0) is 18.4 Å². The van der Waals surface area contributed by atoms with Crippen LogP contribution < -0.4 is 5.32 Å². The zero-order chi connectivity index (χ0) is 15.5. The van der Waals surface area contributed by atoms with E-state index < -0.39 is 0 Å². The molecule has 3 rings (SSSR count). The Bertz CT molecular complexity index is 775. The summed E-state index contributed by atoms with van der Waals surface area (Å²) >= 11 is 1.56. The van der Waals surface area contributed by atoms with Crippen molar-refractivity contribution >= 4 is 23.2 Å². The first-order chi connectivity index (χ1) is 10.6. The Kier molecular flexibility index (Phi) is 4.01. The third kappa shape index (κ3) is 3.22. The summed E-state index contributed by atoms with van der Waals surface area (Å²) in [5, 5.41) is 12.8. The average molecular weight is 317 g/mol. The van der Waals surface area contributed by atoms with Crippen LogP contribution in [0.3, 0.4) is 0 Å². The van der Waals surface area contributed by atoms with E-state index in [2.05, 4.69) is 20.6 Å². The van der Waals surface area contributed by atoms with Crippen molar-refractivity contribution in [3.8, 4) is 10.7 Å². The zero-order valence-corrected chi connectivity index (χ0v) is 13.1. The number of hydrogen-bond acceptors (Lipinski definition) is 6. The number of aryl methyl sites for hydroxylation is 3. The molecule has 0 spiro atoms. The van der Waals surface area contributed by atoms with Gasteiger partial charge in [-0.3, -0.25) is 10.1 Å². The molecule has 7 nitrogen and oxygen atoms in total. The van der Waals surface area contributed by atoms with Crippen LogP contribution in [0.2, 0.25) is 0 Å². The van der Waals surface area contributed by atoms with Crippen LogP contribution in [-0.4, -0.2) is 25.8 Å². The Labute approximate surface area is 131 Å². The van der Waals surface area contributed by atoms with E-state index in [1.807, 2.05) is 30.5 Å². The number of nitrogens with one attached hydrogen (secondary N) is 1. The standard InChI is InChI=1S/C14H15N5O2S/c1-9-8-10(21-18-9)5-6-12(20)15-14-16-13(17-19(14)2)11-4-3-7-22-11/h3-4,7-8H,5-6H2,1-2H3,(H,15,16,17,20). The van der Waals surface area contributed by atoms with Gasteiger partial charge in [-0.15, -0.1) is 16.4 Å². The number of rotatable bonds is 5. The summed E-state index contributed by atoms with van der Waals surface area (Å²) < 4.78 is 6.64. The van der Waals surface area contributed by atoms with Gasteiger partial charge in [-0.25, -0.2) is 4.68 Å². The lowest BCUT2D eigenvalue weighted by atomic mass is 10.2. The summed E-state index contributed by atoms with van der Waals surface area (Å²) in [6.45, 7) is 1.85. The molecule has 0 aromatic carbocycles. The first-order valence-corrected chi connectivity index (χ1v) is 7.67. The average Bonchev–Trinajstić information content (AvgIpc) is 3.19. The van der Waals surface area contributed by atoms with Crippen LogP contribution in [0.15, 0.2) is 28.1 Å². The molecular weight excluding hydrogens is 302 g/mol. The summed E-state index contributed by atoms with van der Waals surface area (Å²) in [4.78, 5) is 17.3. The lowest BCUT2D eigenvalue weighted by Gasteiger charge is -2.02. The van der Waals surface area contributed by atoms with Gasteiger partial charge in [0.2, 0.25) is 11.9 Å². The molecule has 1 N–H and O–H groups in total. The lowest BCUT2D eigenvalue weighted by Crippen LogP contribution is -2.15. The SMILES string of the molecule is Cc1cc(CCC(=O)Nc2nc(-c3cccs3)nn2C)on1. The van der Waals surface area contributed by atoms with Crippen molar-refractivity contribution in [2.45, 2.75) is 19.8 Å². The van der Waals surface area contributed by atoms with E-state index in [4.69, 9.17) is 4.52 Å². The number of anilines is 1. The Morgan fingerprint density at radius 1 is 1.50 bits per heavy atom. The summed E-state index contributed by atoms with van der Waals surface area (Å²) in [5.41, 5.74) is 0.810. The maximum Gasteiger partial charge on any atom is 0.228 e. The van der Waals surface area contributed by atoms with E-state index in [0.717, 1.165) is 10.6 Å². The highest BCUT2D eigenvalue weighted by Gasteiger charge is 2.13. The van der Waals surface area contributed by atoms with Gasteiger partial charge in [0.25, 0.3) is 0 Å². The Morgan fingerprint density at radius 3 is 3.05 bits per heavy atom. The number of aromatic nitrogens is 4. The van der Waals surface area contributed by atoms with E-state index in [0.29, 0.717) is 30.4 Å². The van der Waals surface area contributed by atoms with Gasteiger partial charge in [0.1, 0.15) is 5.76 Å². The summed E-state index contributed by atoms with van der Waals surface area (Å²) in [6, 6.07) is 5.70. The van der Waals surface area contributed by atoms with Crippen molar-refractivity contribution in [1.29, 1.82) is 0 Å². The summed E-state index contributed by atoms with van der Waals surface area (Å²) in [7, 11) is 1.75. The number of hydrogen-bond donors (Lipinski definition) is 1. The predicted octanol–water partition coefficient (Wildman–Crippen LogP) is 2.41. The monoisotopic (exact) mass is 317 g/mol. The Morgan fingerprint density at radius 2 is 2.36 bits per heavy atom. The van der Waals surface area contributed by atoms with E-state index in [1.54, 1.807) is 23.1 Å². The number of nitrogens with zero attached hydrogens (tertiary/aromatic N) is 4. The third-order valence-electron chi connectivity index (χ3n) is 3.03. The second-order valence-corrected chi connectivity index (χ2v) is 5.79. The molecule has 8 heteroatoms. The van der Waals surface area contributed by atoms with Gasteiger partial charge in [-0.2, -0.15) is 4.98 Å². The first kappa shape index (κ1) is 14.5. The molecule has 0 saturated carbocycles. The third-order valence-corrected chi connectivity index (χ3v) is 3.90. The van der Waals surface area contributed by atoms with E-state index in [9.17, 15) is 4.79 Å². The molecule has 3 aromatic heterocycles. The number of carbonyl (C=O) groups excluding carboxylic acids is 1. The maximum atomic E-state index is 12.0. The molecule has 0 bridgehead atoms. The molecule has 0 aliphatic carbocycles. The maximum absolute atomic E-state index is 12.0. The first-order valence-electron chi connectivity index (χ1n) is 6.79. The minimum Gasteiger partial charge on any atom is -0.361 e. The van der Waals surface area contributed by atoms with E-state index >= 15 is 0 Å². The largest absolute Gasteiger partial charge is 0.361 e. The highest BCUT2D eigenvalue weighted by Crippen LogP contribution is 2.22. The second-order valence-electron chi connectivity index (χ2n) is 4.84. The highest BCUT2D eigenvalue weighted by atomic mass is 32.1. The van der Waals surface area contributed by atoms with Crippen LogP contribution in [0.1, 0.15) is 17.9 Å². The minimum atomic E-state index is -0.137. The quantitative estimate of drug-likeness (QED) is 0.781. The van der Waals surface area contributed by atoms with Crippen LogP contribution in [0, 0.1) is 6.92 Å². The molecule has 0 aliphatic heterocycles. The molecule has 0 saturated heterocycles. The van der Waals surface area contributed by atoms with Crippen molar-refractivity contribution in [3.05, 3.63) is 35.0 Å². The van der Waals surface area contributed by atoms with Crippen molar-refractivity contribution in [3.63, 3.8) is 0 Å². The highest BCUT2D eigenvalue weighted by molar-refractivity contribution is 7.13. The molecule has 0 atom stereocenters. The molecule has 0 aliphatic rings. The minimum absolute atomic E-state index is 0.137. The Balaban J connectivity index is 1.61. The van der Waals surface area contributed by atoms with Crippen LogP contribution in [-0.2, 0) is 18.3 Å². The molecule has 3 aromatic rings. The van der Waals surface area contributed by atoms with Gasteiger partial charge in [0, 0.05) is 26.0 Å². The van der Waals surface area contributed by atoms with Crippen molar-refractivity contribution in [1.82, 2.24) is 19.9 Å². The lowest BCUT2D eigenvalue weighted by molar-refractivity contribution is -0.116. The summed E-state index contributed by atoms with van der Waals surface area (Å²) in [6.07, 6.45) is 0.804. The van der Waals surface area contributed by atoms with Gasteiger partial charge in [0.05, 0.1) is 10.6 Å². The molecule has 3 heterocycles. The number of amides is 1. The van der Waals surface area contributed by atoms with Gasteiger partial charge >= 0.3 is 0 Å². The second kappa shape index (κ2) is 6.10. The normalized spacial score (nSPS) is 10.8. The van der Waals surface area contributed by atoms with Crippen LogP contribution in [0.4, 0.5) is 5.95 Å². The van der Waals surface area contributed by atoms with Crippen molar-refractivity contribution in [2.75, 3.05) is 5.32 Å². The number of thiophene rings is 1. The molecule has 0 radical (unpaired) electrons. The fraction of sp³-hybridized carbons (Fsp3) is 0.286. The van der Waals surface area contributed by atoms with Gasteiger partial charge in [0.15, 0.2) is 5.82 Å². The Hall–Kier alpha value is -2.48. The molecule has 114 valence electrons. The predicted molar refractivity (Wildman–Crippen MR) is 82.5 cm³/mol. The molecule has 1 amide bonds. The molecule has 0 fully saturated rings. The number of carbonyl (C=O) groups is 1. The summed E-state index contributed by atoms with van der Waals surface area (Å²) in [5.74, 6) is 1.60. The molecule has 0 unspecified atom stereocenters. The van der Waals surface area contributed by atoms with Crippen LogP contribution in [0.25, 0.3) is 10.7 Å².